The average Bonchev–Trinajstić information content (AvgIpc) is 2.73. The molecule has 0 spiro atoms. The second kappa shape index (κ2) is 5.43. The van der Waals surface area contributed by atoms with Gasteiger partial charge in [0.25, 0.3) is 0 Å². The van der Waals surface area contributed by atoms with Crippen molar-refractivity contribution in [3.8, 4) is 0 Å². The SMILES string of the molecule is CONCc1ccccc1C1CCN(C)C1. The van der Waals surface area contributed by atoms with Gasteiger partial charge < -0.3 is 9.74 Å². The summed E-state index contributed by atoms with van der Waals surface area (Å²) < 4.78 is 0. The molecule has 1 fully saturated rings. The summed E-state index contributed by atoms with van der Waals surface area (Å²) in [7, 11) is 3.85. The summed E-state index contributed by atoms with van der Waals surface area (Å²) in [4.78, 5) is 7.32. The second-order valence-corrected chi connectivity index (χ2v) is 4.47. The van der Waals surface area contributed by atoms with Gasteiger partial charge >= 0.3 is 0 Å². The monoisotopic (exact) mass is 220 g/mol. The highest BCUT2D eigenvalue weighted by molar-refractivity contribution is 5.31. The van der Waals surface area contributed by atoms with Gasteiger partial charge in [0.05, 0.1) is 7.11 Å². The summed E-state index contributed by atoms with van der Waals surface area (Å²) in [6, 6.07) is 8.65. The highest BCUT2D eigenvalue weighted by Gasteiger charge is 2.22. The zero-order chi connectivity index (χ0) is 11.4. The summed E-state index contributed by atoms with van der Waals surface area (Å²) in [5, 5.41) is 0. The van der Waals surface area contributed by atoms with E-state index in [1.165, 1.54) is 30.6 Å². The molecule has 88 valence electrons. The summed E-state index contributed by atoms with van der Waals surface area (Å²) in [5.74, 6) is 0.680. The lowest BCUT2D eigenvalue weighted by molar-refractivity contribution is 0.0864. The molecule has 1 aromatic carbocycles. The fraction of sp³-hybridized carbons (Fsp3) is 0.538. The zero-order valence-corrected chi connectivity index (χ0v) is 10.1. The first-order valence-electron chi connectivity index (χ1n) is 5.83. The van der Waals surface area contributed by atoms with Crippen LogP contribution in [0.2, 0.25) is 0 Å². The molecule has 1 unspecified atom stereocenters. The molecule has 1 saturated heterocycles. The van der Waals surface area contributed by atoms with Crippen LogP contribution in [-0.2, 0) is 11.4 Å². The number of likely N-dealkylation sites (N-methyl/N-ethyl adjacent to an activating group) is 1. The zero-order valence-electron chi connectivity index (χ0n) is 10.1. The number of nitrogens with one attached hydrogen (secondary N) is 1. The highest BCUT2D eigenvalue weighted by Crippen LogP contribution is 2.28. The molecular formula is C13H20N2O. The van der Waals surface area contributed by atoms with E-state index >= 15 is 0 Å². The molecule has 1 atom stereocenters. The van der Waals surface area contributed by atoms with E-state index in [0.717, 1.165) is 6.54 Å². The fourth-order valence-corrected chi connectivity index (χ4v) is 2.43. The van der Waals surface area contributed by atoms with Crippen molar-refractivity contribution >= 4 is 0 Å². The predicted octanol–water partition coefficient (Wildman–Crippen LogP) is 1.76. The molecule has 0 aliphatic carbocycles. The lowest BCUT2D eigenvalue weighted by atomic mass is 9.93. The van der Waals surface area contributed by atoms with Crippen LogP contribution in [0, 0.1) is 0 Å². The molecule has 2 rings (SSSR count). The lowest BCUT2D eigenvalue weighted by Gasteiger charge is -2.15. The van der Waals surface area contributed by atoms with E-state index < -0.39 is 0 Å². The van der Waals surface area contributed by atoms with E-state index in [0.29, 0.717) is 5.92 Å². The Balaban J connectivity index is 2.12. The van der Waals surface area contributed by atoms with Crippen LogP contribution < -0.4 is 5.48 Å². The van der Waals surface area contributed by atoms with Crippen molar-refractivity contribution in [2.75, 3.05) is 27.2 Å². The largest absolute Gasteiger partial charge is 0.306 e. The third kappa shape index (κ3) is 2.61. The number of nitrogens with zero attached hydrogens (tertiary/aromatic N) is 1. The van der Waals surface area contributed by atoms with Gasteiger partial charge in [-0.1, -0.05) is 24.3 Å². The molecule has 3 nitrogen and oxygen atoms in total. The predicted molar refractivity (Wildman–Crippen MR) is 65.1 cm³/mol. The Morgan fingerprint density at radius 1 is 1.44 bits per heavy atom. The second-order valence-electron chi connectivity index (χ2n) is 4.47. The van der Waals surface area contributed by atoms with Crippen molar-refractivity contribution in [1.29, 1.82) is 0 Å². The van der Waals surface area contributed by atoms with E-state index in [1.807, 2.05) is 0 Å². The number of rotatable bonds is 4. The first-order valence-corrected chi connectivity index (χ1v) is 5.83. The summed E-state index contributed by atoms with van der Waals surface area (Å²) in [6.45, 7) is 3.16. The summed E-state index contributed by atoms with van der Waals surface area (Å²) in [6.07, 6.45) is 1.26. The highest BCUT2D eigenvalue weighted by atomic mass is 16.6. The molecule has 1 aromatic rings. The molecule has 0 aromatic heterocycles. The van der Waals surface area contributed by atoms with Crippen LogP contribution in [-0.4, -0.2) is 32.1 Å². The fourth-order valence-electron chi connectivity index (χ4n) is 2.43. The minimum absolute atomic E-state index is 0.680. The van der Waals surface area contributed by atoms with Crippen LogP contribution in [0.5, 0.6) is 0 Å². The van der Waals surface area contributed by atoms with Gasteiger partial charge in [-0.05, 0) is 37.1 Å². The van der Waals surface area contributed by atoms with Gasteiger partial charge in [-0.15, -0.1) is 0 Å². The average molecular weight is 220 g/mol. The first kappa shape index (κ1) is 11.6. The van der Waals surface area contributed by atoms with Crippen molar-refractivity contribution < 1.29 is 4.84 Å². The standard InChI is InChI=1S/C13H20N2O/c1-15-8-7-12(10-15)13-6-4-3-5-11(13)9-14-16-2/h3-6,12,14H,7-10H2,1-2H3. The van der Waals surface area contributed by atoms with Crippen molar-refractivity contribution in [3.05, 3.63) is 35.4 Å². The molecule has 3 heteroatoms. The van der Waals surface area contributed by atoms with Crippen LogP contribution in [0.25, 0.3) is 0 Å². The number of hydroxylamine groups is 1. The van der Waals surface area contributed by atoms with Crippen molar-refractivity contribution in [3.63, 3.8) is 0 Å². The molecule has 1 heterocycles. The molecule has 16 heavy (non-hydrogen) atoms. The molecule has 0 radical (unpaired) electrons. The summed E-state index contributed by atoms with van der Waals surface area (Å²) >= 11 is 0. The minimum atomic E-state index is 0.680. The van der Waals surface area contributed by atoms with Gasteiger partial charge in [-0.25, -0.2) is 0 Å². The number of benzene rings is 1. The Bertz CT molecular complexity index is 340. The van der Waals surface area contributed by atoms with Crippen LogP contribution in [0.4, 0.5) is 0 Å². The maximum atomic E-state index is 4.92. The Morgan fingerprint density at radius 2 is 2.25 bits per heavy atom. The molecule has 0 saturated carbocycles. The van der Waals surface area contributed by atoms with Gasteiger partial charge in [-0.3, -0.25) is 0 Å². The van der Waals surface area contributed by atoms with E-state index in [-0.39, 0.29) is 0 Å². The van der Waals surface area contributed by atoms with Crippen LogP contribution in [0.1, 0.15) is 23.5 Å². The maximum absolute atomic E-state index is 4.92. The molecular weight excluding hydrogens is 200 g/mol. The Kier molecular flexibility index (Phi) is 3.93. The molecule has 1 aliphatic heterocycles. The smallest absolute Gasteiger partial charge is 0.0572 e. The summed E-state index contributed by atoms with van der Waals surface area (Å²) in [5.41, 5.74) is 5.75. The lowest BCUT2D eigenvalue weighted by Crippen LogP contribution is -2.16. The van der Waals surface area contributed by atoms with E-state index in [4.69, 9.17) is 4.84 Å². The number of hydrogen-bond donors (Lipinski definition) is 1. The number of likely N-dealkylation sites (tertiary alicyclic amines) is 1. The molecule has 1 aliphatic rings. The van der Waals surface area contributed by atoms with Crippen molar-refractivity contribution in [1.82, 2.24) is 10.4 Å². The van der Waals surface area contributed by atoms with Gasteiger partial charge in [0.1, 0.15) is 0 Å². The van der Waals surface area contributed by atoms with E-state index in [2.05, 4.69) is 41.7 Å². The van der Waals surface area contributed by atoms with Crippen LogP contribution in [0.3, 0.4) is 0 Å². The number of hydrogen-bond acceptors (Lipinski definition) is 3. The van der Waals surface area contributed by atoms with Gasteiger partial charge in [0, 0.05) is 13.1 Å². The first-order chi connectivity index (χ1) is 7.81. The Hall–Kier alpha value is -0.900. The van der Waals surface area contributed by atoms with E-state index in [1.54, 1.807) is 7.11 Å². The van der Waals surface area contributed by atoms with Crippen molar-refractivity contribution in [2.45, 2.75) is 18.9 Å². The van der Waals surface area contributed by atoms with Crippen LogP contribution >= 0.6 is 0 Å². The third-order valence-corrected chi connectivity index (χ3v) is 3.29. The minimum Gasteiger partial charge on any atom is -0.306 e. The molecule has 0 bridgehead atoms. The normalized spacial score (nSPS) is 21.5. The Morgan fingerprint density at radius 3 is 2.94 bits per heavy atom. The van der Waals surface area contributed by atoms with Crippen molar-refractivity contribution in [2.24, 2.45) is 0 Å². The quantitative estimate of drug-likeness (QED) is 0.782. The van der Waals surface area contributed by atoms with Gasteiger partial charge in [0.15, 0.2) is 0 Å². The third-order valence-electron chi connectivity index (χ3n) is 3.29. The molecule has 0 amide bonds. The van der Waals surface area contributed by atoms with E-state index in [9.17, 15) is 0 Å². The van der Waals surface area contributed by atoms with Gasteiger partial charge in [-0.2, -0.15) is 5.48 Å². The topological polar surface area (TPSA) is 24.5 Å². The van der Waals surface area contributed by atoms with Gasteiger partial charge in [0.2, 0.25) is 0 Å². The Labute approximate surface area is 97.4 Å². The van der Waals surface area contributed by atoms with Crippen LogP contribution in [0.15, 0.2) is 24.3 Å². The molecule has 1 N–H and O–H groups in total. The maximum Gasteiger partial charge on any atom is 0.0572 e.